The molecular formula is C23H22N2O7S. The molecule has 9 nitrogen and oxygen atoms in total. The summed E-state index contributed by atoms with van der Waals surface area (Å²) in [5.41, 5.74) is 0.657. The van der Waals surface area contributed by atoms with Gasteiger partial charge in [0, 0.05) is 11.8 Å². The number of benzene rings is 3. The molecule has 0 radical (unpaired) electrons. The fourth-order valence-electron chi connectivity index (χ4n) is 3.19. The molecule has 0 aromatic heterocycles. The van der Waals surface area contributed by atoms with E-state index in [1.165, 1.54) is 44.6 Å². The van der Waals surface area contributed by atoms with Crippen molar-refractivity contribution in [3.05, 3.63) is 66.7 Å². The Morgan fingerprint density at radius 1 is 0.970 bits per heavy atom. The molecule has 4 rings (SSSR count). The van der Waals surface area contributed by atoms with E-state index in [1.807, 2.05) is 6.07 Å². The number of hydrogen-bond donors (Lipinski definition) is 2. The summed E-state index contributed by atoms with van der Waals surface area (Å²) < 4.78 is 49.8. The lowest BCUT2D eigenvalue weighted by atomic mass is 10.2. The van der Waals surface area contributed by atoms with Crippen molar-refractivity contribution in [2.45, 2.75) is 11.0 Å². The smallest absolute Gasteiger partial charge is 0.269 e. The molecule has 10 heteroatoms. The zero-order valence-electron chi connectivity index (χ0n) is 17.9. The molecule has 3 aromatic rings. The van der Waals surface area contributed by atoms with Crippen molar-refractivity contribution < 1.29 is 32.2 Å². The summed E-state index contributed by atoms with van der Waals surface area (Å²) in [7, 11) is -0.989. The summed E-state index contributed by atoms with van der Waals surface area (Å²) in [6, 6.07) is 17.6. The monoisotopic (exact) mass is 470 g/mol. The summed E-state index contributed by atoms with van der Waals surface area (Å²) in [4.78, 5) is 12.6. The lowest BCUT2D eigenvalue weighted by Crippen LogP contribution is -2.40. The van der Waals surface area contributed by atoms with Gasteiger partial charge in [-0.15, -0.1) is 0 Å². The molecule has 1 aliphatic rings. The standard InChI is InChI=1S/C23H22N2O7S/c1-29-16-9-12-19(30-2)18(13-16)25-33(27,28)17-10-7-15(8-11-17)24-23(26)22-14-31-20-5-3-4-6-21(20)32-22/h3-13,22,25H,14H2,1-2H3,(H,24,26)/t22-/m1/s1. The van der Waals surface area contributed by atoms with Gasteiger partial charge in [-0.25, -0.2) is 8.42 Å². The third-order valence-electron chi connectivity index (χ3n) is 4.88. The highest BCUT2D eigenvalue weighted by Crippen LogP contribution is 2.32. The van der Waals surface area contributed by atoms with Crippen LogP contribution in [0.15, 0.2) is 71.6 Å². The minimum atomic E-state index is -3.91. The van der Waals surface area contributed by atoms with Crippen molar-refractivity contribution in [3.8, 4) is 23.0 Å². The minimum absolute atomic E-state index is 0.0107. The van der Waals surface area contributed by atoms with Crippen LogP contribution in [-0.2, 0) is 14.8 Å². The molecule has 172 valence electrons. The summed E-state index contributed by atoms with van der Waals surface area (Å²) in [6.45, 7) is 0.0710. The van der Waals surface area contributed by atoms with Gasteiger partial charge in [-0.3, -0.25) is 9.52 Å². The van der Waals surface area contributed by atoms with Crippen molar-refractivity contribution in [2.75, 3.05) is 30.9 Å². The first-order chi connectivity index (χ1) is 15.9. The summed E-state index contributed by atoms with van der Waals surface area (Å²) in [5, 5.41) is 2.71. The largest absolute Gasteiger partial charge is 0.497 e. The van der Waals surface area contributed by atoms with Gasteiger partial charge in [0.1, 0.15) is 18.1 Å². The molecule has 0 saturated heterocycles. The molecule has 0 fully saturated rings. The average molecular weight is 471 g/mol. The molecule has 0 spiro atoms. The predicted octanol–water partition coefficient (Wildman–Crippen LogP) is 3.28. The second kappa shape index (κ2) is 9.29. The van der Waals surface area contributed by atoms with Gasteiger partial charge in [-0.05, 0) is 48.5 Å². The van der Waals surface area contributed by atoms with Crippen molar-refractivity contribution in [1.82, 2.24) is 0 Å². The molecule has 3 aromatic carbocycles. The number of carbonyl (C=O) groups excluding carboxylic acids is 1. The van der Waals surface area contributed by atoms with E-state index in [-0.39, 0.29) is 17.2 Å². The molecule has 2 N–H and O–H groups in total. The van der Waals surface area contributed by atoms with Gasteiger partial charge in [-0.2, -0.15) is 0 Å². The highest BCUT2D eigenvalue weighted by atomic mass is 32.2. The van der Waals surface area contributed by atoms with Crippen molar-refractivity contribution in [3.63, 3.8) is 0 Å². The number of hydrogen-bond acceptors (Lipinski definition) is 7. The maximum atomic E-state index is 12.8. The summed E-state index contributed by atoms with van der Waals surface area (Å²) in [6.07, 6.45) is -0.828. The Morgan fingerprint density at radius 3 is 2.39 bits per heavy atom. The maximum Gasteiger partial charge on any atom is 0.269 e. The Balaban J connectivity index is 1.44. The zero-order chi connectivity index (χ0) is 23.4. The van der Waals surface area contributed by atoms with E-state index in [0.29, 0.717) is 28.7 Å². The fraction of sp³-hybridized carbons (Fsp3) is 0.174. The molecule has 0 aliphatic carbocycles. The number of anilines is 2. The van der Waals surface area contributed by atoms with E-state index in [1.54, 1.807) is 30.3 Å². The van der Waals surface area contributed by atoms with Crippen LogP contribution >= 0.6 is 0 Å². The topological polar surface area (TPSA) is 112 Å². The first kappa shape index (κ1) is 22.3. The van der Waals surface area contributed by atoms with E-state index in [2.05, 4.69) is 10.0 Å². The van der Waals surface area contributed by atoms with Gasteiger partial charge in [0.25, 0.3) is 15.9 Å². The van der Waals surface area contributed by atoms with Gasteiger partial charge in [-0.1, -0.05) is 12.1 Å². The molecule has 1 atom stereocenters. The van der Waals surface area contributed by atoms with E-state index in [9.17, 15) is 13.2 Å². The van der Waals surface area contributed by atoms with Gasteiger partial charge in [0.2, 0.25) is 6.10 Å². The zero-order valence-corrected chi connectivity index (χ0v) is 18.7. The van der Waals surface area contributed by atoms with Gasteiger partial charge < -0.3 is 24.3 Å². The third kappa shape index (κ3) is 4.96. The number of amides is 1. The number of nitrogens with one attached hydrogen (secondary N) is 2. The predicted molar refractivity (Wildman–Crippen MR) is 122 cm³/mol. The highest BCUT2D eigenvalue weighted by Gasteiger charge is 2.27. The molecule has 0 unspecified atom stereocenters. The van der Waals surface area contributed by atoms with Crippen LogP contribution in [0.2, 0.25) is 0 Å². The first-order valence-corrected chi connectivity index (χ1v) is 11.4. The Bertz CT molecular complexity index is 1260. The molecule has 1 aliphatic heterocycles. The molecule has 0 bridgehead atoms. The molecule has 0 saturated carbocycles. The number of rotatable bonds is 7. The number of carbonyl (C=O) groups is 1. The van der Waals surface area contributed by atoms with Gasteiger partial charge >= 0.3 is 0 Å². The Hall–Kier alpha value is -3.92. The van der Waals surface area contributed by atoms with Crippen LogP contribution in [0.5, 0.6) is 23.0 Å². The summed E-state index contributed by atoms with van der Waals surface area (Å²) in [5.74, 6) is 1.49. The van der Waals surface area contributed by atoms with Crippen LogP contribution in [0.4, 0.5) is 11.4 Å². The second-order valence-electron chi connectivity index (χ2n) is 7.05. The number of para-hydroxylation sites is 2. The molecule has 1 amide bonds. The number of sulfonamides is 1. The van der Waals surface area contributed by atoms with Crippen molar-refractivity contribution in [1.29, 1.82) is 0 Å². The third-order valence-corrected chi connectivity index (χ3v) is 6.27. The second-order valence-corrected chi connectivity index (χ2v) is 8.73. The molecule has 1 heterocycles. The first-order valence-electron chi connectivity index (χ1n) is 9.94. The van der Waals surface area contributed by atoms with Crippen molar-refractivity contribution >= 4 is 27.3 Å². The summed E-state index contributed by atoms with van der Waals surface area (Å²) >= 11 is 0. The van der Waals surface area contributed by atoms with Crippen LogP contribution in [0, 0.1) is 0 Å². The van der Waals surface area contributed by atoms with Gasteiger partial charge in [0.15, 0.2) is 11.5 Å². The number of fused-ring (bicyclic) bond motifs is 1. The molecule has 33 heavy (non-hydrogen) atoms. The Morgan fingerprint density at radius 2 is 1.70 bits per heavy atom. The number of methoxy groups -OCH3 is 2. The Labute approximate surface area is 191 Å². The van der Waals surface area contributed by atoms with E-state index in [4.69, 9.17) is 18.9 Å². The normalized spacial score (nSPS) is 14.8. The van der Waals surface area contributed by atoms with E-state index >= 15 is 0 Å². The van der Waals surface area contributed by atoms with Crippen LogP contribution in [-0.4, -0.2) is 41.3 Å². The number of ether oxygens (including phenoxy) is 4. The van der Waals surface area contributed by atoms with E-state index in [0.717, 1.165) is 0 Å². The lowest BCUT2D eigenvalue weighted by Gasteiger charge is -2.25. The maximum absolute atomic E-state index is 12.8. The van der Waals surface area contributed by atoms with Gasteiger partial charge in [0.05, 0.1) is 24.8 Å². The molecular weight excluding hydrogens is 448 g/mol. The quantitative estimate of drug-likeness (QED) is 0.545. The lowest BCUT2D eigenvalue weighted by molar-refractivity contribution is -0.125. The fourth-order valence-corrected chi connectivity index (χ4v) is 4.25. The average Bonchev–Trinajstić information content (AvgIpc) is 2.83. The highest BCUT2D eigenvalue weighted by molar-refractivity contribution is 7.92. The van der Waals surface area contributed by atoms with Crippen LogP contribution in [0.25, 0.3) is 0 Å². The van der Waals surface area contributed by atoms with Crippen molar-refractivity contribution in [2.24, 2.45) is 0 Å². The minimum Gasteiger partial charge on any atom is -0.497 e. The van der Waals surface area contributed by atoms with Crippen LogP contribution < -0.4 is 29.0 Å². The van der Waals surface area contributed by atoms with Crippen LogP contribution in [0.3, 0.4) is 0 Å². The SMILES string of the molecule is COc1ccc(OC)c(NS(=O)(=O)c2ccc(NC(=O)[C@H]3COc4ccccc4O3)cc2)c1. The van der Waals surface area contributed by atoms with Crippen LogP contribution in [0.1, 0.15) is 0 Å². The Kier molecular flexibility index (Phi) is 6.27. The van der Waals surface area contributed by atoms with E-state index < -0.39 is 22.0 Å².